The molecule has 0 unspecified atom stereocenters. The van der Waals surface area contributed by atoms with Gasteiger partial charge in [0.2, 0.25) is 5.95 Å². The van der Waals surface area contributed by atoms with Crippen molar-refractivity contribution in [2.45, 2.75) is 76.0 Å². The number of rotatable bonds is 10. The molecule has 0 bridgehead atoms. The molecule has 1 aromatic carbocycles. The standard InChI is InChI=1S/C26H38N8O/c1-35-22-12-6-18(7-13-22)16-28-14-15-29-24-23-25(34(17-30-23)21-4-2-3-5-21)33-26(32-24)31-20-10-8-19(27)9-11-20/h6-7,12-13,17,19-21,28H,2-5,8-11,14-16,27H2,1H3,(H2,29,31,32,33)/t19-,20-. The van der Waals surface area contributed by atoms with E-state index in [4.69, 9.17) is 25.4 Å². The van der Waals surface area contributed by atoms with E-state index in [1.165, 1.54) is 31.2 Å². The van der Waals surface area contributed by atoms with Crippen molar-refractivity contribution in [2.24, 2.45) is 5.73 Å². The van der Waals surface area contributed by atoms with Crippen LogP contribution in [0.2, 0.25) is 0 Å². The molecule has 9 heteroatoms. The summed E-state index contributed by atoms with van der Waals surface area (Å²) in [5.74, 6) is 2.36. The molecule has 2 aromatic heterocycles. The molecule has 5 rings (SSSR count). The summed E-state index contributed by atoms with van der Waals surface area (Å²) in [6.45, 7) is 2.36. The number of imidazole rings is 1. The van der Waals surface area contributed by atoms with Crippen LogP contribution in [0, 0.1) is 0 Å². The third kappa shape index (κ3) is 5.85. The summed E-state index contributed by atoms with van der Waals surface area (Å²) in [5, 5.41) is 10.6. The quantitative estimate of drug-likeness (QED) is 0.325. The van der Waals surface area contributed by atoms with E-state index in [2.05, 4.69) is 32.7 Å². The fourth-order valence-electron chi connectivity index (χ4n) is 5.25. The topological polar surface area (TPSA) is 115 Å². The Kier molecular flexibility index (Phi) is 7.63. The molecule has 2 fully saturated rings. The van der Waals surface area contributed by atoms with Crippen LogP contribution in [0.5, 0.6) is 5.75 Å². The summed E-state index contributed by atoms with van der Waals surface area (Å²) in [5.41, 5.74) is 9.10. The lowest BCUT2D eigenvalue weighted by atomic mass is 9.92. The zero-order valence-electron chi connectivity index (χ0n) is 20.7. The number of ether oxygens (including phenoxy) is 1. The van der Waals surface area contributed by atoms with Crippen LogP contribution in [0.1, 0.15) is 63.0 Å². The van der Waals surface area contributed by atoms with Crippen molar-refractivity contribution in [1.82, 2.24) is 24.8 Å². The van der Waals surface area contributed by atoms with Crippen LogP contribution in [0.25, 0.3) is 11.2 Å². The maximum absolute atomic E-state index is 6.10. The summed E-state index contributed by atoms with van der Waals surface area (Å²) in [7, 11) is 1.69. The van der Waals surface area contributed by atoms with Crippen molar-refractivity contribution >= 4 is 22.9 Å². The molecule has 0 saturated heterocycles. The SMILES string of the molecule is COc1ccc(CNCCNc2nc(N[C@H]3CC[C@H](N)CC3)nc3c2ncn3C2CCCC2)cc1. The van der Waals surface area contributed by atoms with E-state index >= 15 is 0 Å². The minimum Gasteiger partial charge on any atom is -0.497 e. The highest BCUT2D eigenvalue weighted by atomic mass is 16.5. The Bertz CT molecular complexity index is 1080. The molecule has 0 radical (unpaired) electrons. The highest BCUT2D eigenvalue weighted by molar-refractivity contribution is 5.84. The molecule has 0 spiro atoms. The van der Waals surface area contributed by atoms with Gasteiger partial charge in [-0.3, -0.25) is 0 Å². The highest BCUT2D eigenvalue weighted by Gasteiger charge is 2.23. The minimum atomic E-state index is 0.322. The van der Waals surface area contributed by atoms with E-state index in [0.717, 1.165) is 68.0 Å². The molecule has 2 saturated carbocycles. The van der Waals surface area contributed by atoms with E-state index in [1.54, 1.807) is 7.11 Å². The van der Waals surface area contributed by atoms with Crippen molar-refractivity contribution in [1.29, 1.82) is 0 Å². The Morgan fingerprint density at radius 2 is 1.77 bits per heavy atom. The van der Waals surface area contributed by atoms with Crippen LogP contribution in [-0.4, -0.2) is 51.8 Å². The smallest absolute Gasteiger partial charge is 0.227 e. The van der Waals surface area contributed by atoms with Gasteiger partial charge in [0.05, 0.1) is 13.4 Å². The maximum atomic E-state index is 6.10. The normalized spacial score (nSPS) is 20.9. The lowest BCUT2D eigenvalue weighted by Crippen LogP contribution is -2.33. The molecular weight excluding hydrogens is 440 g/mol. The van der Waals surface area contributed by atoms with Crippen LogP contribution in [0.4, 0.5) is 11.8 Å². The van der Waals surface area contributed by atoms with Crippen LogP contribution in [-0.2, 0) is 6.54 Å². The van der Waals surface area contributed by atoms with Crippen molar-refractivity contribution in [3.05, 3.63) is 36.2 Å². The van der Waals surface area contributed by atoms with E-state index in [1.807, 2.05) is 18.5 Å². The molecule has 2 aliphatic rings. The Balaban J connectivity index is 1.26. The third-order valence-corrected chi connectivity index (χ3v) is 7.33. The second-order valence-corrected chi connectivity index (χ2v) is 9.87. The number of hydrogen-bond acceptors (Lipinski definition) is 8. The van der Waals surface area contributed by atoms with Crippen LogP contribution in [0.3, 0.4) is 0 Å². The van der Waals surface area contributed by atoms with Crippen LogP contribution < -0.4 is 26.4 Å². The second-order valence-electron chi connectivity index (χ2n) is 9.87. The largest absolute Gasteiger partial charge is 0.497 e. The molecule has 9 nitrogen and oxygen atoms in total. The molecule has 35 heavy (non-hydrogen) atoms. The van der Waals surface area contributed by atoms with Crippen molar-refractivity contribution in [3.63, 3.8) is 0 Å². The number of nitrogens with two attached hydrogens (primary N) is 1. The first kappa shape index (κ1) is 23.8. The summed E-state index contributed by atoms with van der Waals surface area (Å²) in [6, 6.07) is 9.31. The summed E-state index contributed by atoms with van der Waals surface area (Å²) in [6.07, 6.45) is 11.1. The number of nitrogens with zero attached hydrogens (tertiary/aromatic N) is 4. The molecule has 188 valence electrons. The van der Waals surface area contributed by atoms with Crippen LogP contribution in [0.15, 0.2) is 30.6 Å². The van der Waals surface area contributed by atoms with Gasteiger partial charge in [-0.25, -0.2) is 4.98 Å². The number of methoxy groups -OCH3 is 1. The lowest BCUT2D eigenvalue weighted by molar-refractivity contribution is 0.410. The van der Waals surface area contributed by atoms with Gasteiger partial charge < -0.3 is 31.0 Å². The summed E-state index contributed by atoms with van der Waals surface area (Å²) >= 11 is 0. The van der Waals surface area contributed by atoms with Crippen LogP contribution >= 0.6 is 0 Å². The van der Waals surface area contributed by atoms with E-state index in [-0.39, 0.29) is 0 Å². The first-order chi connectivity index (χ1) is 17.2. The minimum absolute atomic E-state index is 0.322. The number of fused-ring (bicyclic) bond motifs is 1. The number of anilines is 2. The van der Waals surface area contributed by atoms with Gasteiger partial charge >= 0.3 is 0 Å². The fraction of sp³-hybridized carbons (Fsp3) is 0.577. The maximum Gasteiger partial charge on any atom is 0.227 e. The molecule has 0 atom stereocenters. The number of nitrogens with one attached hydrogen (secondary N) is 3. The lowest BCUT2D eigenvalue weighted by Gasteiger charge is -2.27. The molecule has 2 heterocycles. The monoisotopic (exact) mass is 478 g/mol. The van der Waals surface area contributed by atoms with Gasteiger partial charge in [0.1, 0.15) is 5.75 Å². The van der Waals surface area contributed by atoms with E-state index in [9.17, 15) is 0 Å². The van der Waals surface area contributed by atoms with Gasteiger partial charge in [0.15, 0.2) is 17.0 Å². The third-order valence-electron chi connectivity index (χ3n) is 7.33. The average Bonchev–Trinajstić information content (AvgIpc) is 3.56. The van der Waals surface area contributed by atoms with Gasteiger partial charge in [0, 0.05) is 37.8 Å². The first-order valence-corrected chi connectivity index (χ1v) is 13.0. The molecule has 5 N–H and O–H groups in total. The zero-order chi connectivity index (χ0) is 24.0. The summed E-state index contributed by atoms with van der Waals surface area (Å²) in [4.78, 5) is 14.5. The average molecular weight is 479 g/mol. The first-order valence-electron chi connectivity index (χ1n) is 13.0. The predicted octanol–water partition coefficient (Wildman–Crippen LogP) is 3.83. The number of aromatic nitrogens is 4. The molecule has 2 aliphatic carbocycles. The Hall–Kier alpha value is -2.91. The predicted molar refractivity (Wildman–Crippen MR) is 140 cm³/mol. The van der Waals surface area contributed by atoms with Crippen molar-refractivity contribution in [2.75, 3.05) is 30.8 Å². The van der Waals surface area contributed by atoms with Gasteiger partial charge in [-0.15, -0.1) is 0 Å². The molecule has 0 amide bonds. The highest BCUT2D eigenvalue weighted by Crippen LogP contribution is 2.33. The van der Waals surface area contributed by atoms with Gasteiger partial charge in [-0.2, -0.15) is 9.97 Å². The second kappa shape index (κ2) is 11.2. The Labute approximate surface area is 207 Å². The zero-order valence-corrected chi connectivity index (χ0v) is 20.7. The van der Waals surface area contributed by atoms with E-state index in [0.29, 0.717) is 24.1 Å². The van der Waals surface area contributed by atoms with Gasteiger partial charge in [-0.05, 0) is 56.2 Å². The summed E-state index contributed by atoms with van der Waals surface area (Å²) < 4.78 is 7.49. The van der Waals surface area contributed by atoms with Crippen molar-refractivity contribution in [3.8, 4) is 5.75 Å². The van der Waals surface area contributed by atoms with Gasteiger partial charge in [-0.1, -0.05) is 25.0 Å². The molecular formula is C26H38N8O. The van der Waals surface area contributed by atoms with Crippen molar-refractivity contribution < 1.29 is 4.74 Å². The number of hydrogen-bond donors (Lipinski definition) is 4. The Morgan fingerprint density at radius 1 is 1.00 bits per heavy atom. The number of benzene rings is 1. The molecule has 0 aliphatic heterocycles. The molecule has 3 aromatic rings. The Morgan fingerprint density at radius 3 is 2.51 bits per heavy atom. The van der Waals surface area contributed by atoms with Gasteiger partial charge in [0.25, 0.3) is 0 Å². The fourth-order valence-corrected chi connectivity index (χ4v) is 5.25. The van der Waals surface area contributed by atoms with E-state index < -0.39 is 0 Å².